The normalized spacial score (nSPS) is 12.3. The number of anilines is 2. The third-order valence-electron chi connectivity index (χ3n) is 2.43. The van der Waals surface area contributed by atoms with Gasteiger partial charge in [0.25, 0.3) is 0 Å². The molecule has 0 atom stereocenters. The summed E-state index contributed by atoms with van der Waals surface area (Å²) in [6, 6.07) is 0.727. The Bertz CT molecular complexity index is 606. The second-order valence-corrected chi connectivity index (χ2v) is 7.04. The molecule has 3 N–H and O–H groups in total. The van der Waals surface area contributed by atoms with Crippen molar-refractivity contribution in [3.63, 3.8) is 0 Å². The molecule has 1 rings (SSSR count). The Labute approximate surface area is 123 Å². The van der Waals surface area contributed by atoms with Gasteiger partial charge in [-0.2, -0.15) is 0 Å². The van der Waals surface area contributed by atoms with Crippen LogP contribution >= 0.6 is 0 Å². The van der Waals surface area contributed by atoms with Gasteiger partial charge in [0.05, 0.1) is 6.26 Å². The van der Waals surface area contributed by atoms with Crippen molar-refractivity contribution in [1.29, 1.82) is 0 Å². The average molecular weight is 322 g/mol. The molecule has 0 fully saturated rings. The van der Waals surface area contributed by atoms with E-state index >= 15 is 0 Å². The fraction of sp³-hybridized carbons (Fsp3) is 0.583. The summed E-state index contributed by atoms with van der Waals surface area (Å²) in [7, 11) is -3.40. The third kappa shape index (κ3) is 5.80. The molecule has 0 aromatic carbocycles. The van der Waals surface area contributed by atoms with E-state index in [1.165, 1.54) is 0 Å². The maximum absolute atomic E-state index is 13.7. The van der Waals surface area contributed by atoms with Gasteiger partial charge < -0.3 is 10.6 Å². The van der Waals surface area contributed by atoms with Gasteiger partial charge in [0, 0.05) is 24.7 Å². The number of sulfonamides is 1. The van der Waals surface area contributed by atoms with Crippen LogP contribution in [0.2, 0.25) is 0 Å². The molecule has 0 bridgehead atoms. The number of nitrogens with one attached hydrogen (secondary N) is 3. The van der Waals surface area contributed by atoms with Crippen LogP contribution in [0, 0.1) is 11.6 Å². The van der Waals surface area contributed by atoms with Crippen LogP contribution < -0.4 is 15.4 Å². The lowest BCUT2D eigenvalue weighted by atomic mass is 10.1. The Hall–Kier alpha value is -1.48. The van der Waals surface area contributed by atoms with E-state index in [2.05, 4.69) is 20.3 Å². The molecular formula is C12H20F2N4O2S. The Balaban J connectivity index is 2.86. The maximum atomic E-state index is 13.7. The minimum absolute atomic E-state index is 0.0599. The fourth-order valence-electron chi connectivity index (χ4n) is 1.72. The molecule has 0 saturated carbocycles. The molecule has 0 radical (unpaired) electrons. The summed E-state index contributed by atoms with van der Waals surface area (Å²) in [5, 5.41) is 5.36. The lowest BCUT2D eigenvalue weighted by Gasteiger charge is -2.25. The number of aromatic nitrogens is 1. The standard InChI is InChI=1S/C12H20F2N4O2S/c1-5-15-10-8(13)6-9(14)11(17-10)16-7-12(2,3)18-21(4,19)20/h6,18H,5,7H2,1-4H3,(H2,15,16,17). The largest absolute Gasteiger partial charge is 0.368 e. The molecule has 0 saturated heterocycles. The molecule has 0 aliphatic heterocycles. The molecular weight excluding hydrogens is 302 g/mol. The summed E-state index contributed by atoms with van der Waals surface area (Å²) in [5.74, 6) is -1.83. The first-order chi connectivity index (χ1) is 9.54. The van der Waals surface area contributed by atoms with Gasteiger partial charge in [-0.05, 0) is 20.8 Å². The first kappa shape index (κ1) is 17.6. The van der Waals surface area contributed by atoms with Crippen LogP contribution in [0.3, 0.4) is 0 Å². The second kappa shape index (κ2) is 6.52. The van der Waals surface area contributed by atoms with Gasteiger partial charge in [0.15, 0.2) is 23.3 Å². The van der Waals surface area contributed by atoms with Crippen LogP contribution in [0.1, 0.15) is 20.8 Å². The number of hydrogen-bond acceptors (Lipinski definition) is 5. The second-order valence-electron chi connectivity index (χ2n) is 5.29. The Morgan fingerprint density at radius 3 is 2.19 bits per heavy atom. The minimum atomic E-state index is -3.40. The van der Waals surface area contributed by atoms with Gasteiger partial charge in [0.2, 0.25) is 10.0 Å². The zero-order valence-corrected chi connectivity index (χ0v) is 13.2. The molecule has 0 spiro atoms. The van der Waals surface area contributed by atoms with E-state index in [4.69, 9.17) is 0 Å². The monoisotopic (exact) mass is 322 g/mol. The van der Waals surface area contributed by atoms with E-state index < -0.39 is 27.2 Å². The highest BCUT2D eigenvalue weighted by atomic mass is 32.2. The van der Waals surface area contributed by atoms with Crippen molar-refractivity contribution in [1.82, 2.24) is 9.71 Å². The fourth-order valence-corrected chi connectivity index (χ4v) is 2.80. The van der Waals surface area contributed by atoms with E-state index in [0.717, 1.165) is 12.3 Å². The van der Waals surface area contributed by atoms with Crippen LogP contribution in [0.25, 0.3) is 0 Å². The Kier molecular flexibility index (Phi) is 5.46. The minimum Gasteiger partial charge on any atom is -0.368 e. The average Bonchev–Trinajstić information content (AvgIpc) is 2.28. The molecule has 0 unspecified atom stereocenters. The highest BCUT2D eigenvalue weighted by Gasteiger charge is 2.23. The van der Waals surface area contributed by atoms with Crippen molar-refractivity contribution in [2.45, 2.75) is 26.3 Å². The number of pyridine rings is 1. The predicted octanol–water partition coefficient (Wildman–Crippen LogP) is 1.53. The number of hydrogen-bond donors (Lipinski definition) is 3. The molecule has 1 aromatic heterocycles. The Morgan fingerprint density at radius 1 is 1.19 bits per heavy atom. The molecule has 9 heteroatoms. The van der Waals surface area contributed by atoms with Crippen LogP contribution in [0.15, 0.2) is 6.07 Å². The summed E-state index contributed by atoms with van der Waals surface area (Å²) in [6.07, 6.45) is 1.04. The SMILES string of the molecule is CCNc1nc(NCC(C)(C)NS(C)(=O)=O)c(F)cc1F. The van der Waals surface area contributed by atoms with Crippen molar-refractivity contribution in [2.24, 2.45) is 0 Å². The van der Waals surface area contributed by atoms with Crippen molar-refractivity contribution in [3.8, 4) is 0 Å². The zero-order chi connectivity index (χ0) is 16.3. The van der Waals surface area contributed by atoms with Gasteiger partial charge in [-0.1, -0.05) is 0 Å². The summed E-state index contributed by atoms with van der Waals surface area (Å²) in [5.41, 5.74) is -0.853. The highest BCUT2D eigenvalue weighted by Crippen LogP contribution is 2.19. The van der Waals surface area contributed by atoms with Gasteiger partial charge in [-0.25, -0.2) is 26.9 Å². The van der Waals surface area contributed by atoms with E-state index in [1.54, 1.807) is 20.8 Å². The molecule has 0 amide bonds. The maximum Gasteiger partial charge on any atom is 0.209 e. The van der Waals surface area contributed by atoms with Crippen LogP contribution in [-0.4, -0.2) is 38.3 Å². The summed E-state index contributed by atoms with van der Waals surface area (Å²) in [6.45, 7) is 5.55. The van der Waals surface area contributed by atoms with E-state index in [0.29, 0.717) is 6.54 Å². The zero-order valence-electron chi connectivity index (χ0n) is 12.4. The quantitative estimate of drug-likeness (QED) is 0.709. The molecule has 0 aliphatic rings. The predicted molar refractivity (Wildman–Crippen MR) is 78.9 cm³/mol. The Morgan fingerprint density at radius 2 is 1.71 bits per heavy atom. The highest BCUT2D eigenvalue weighted by molar-refractivity contribution is 7.88. The molecule has 21 heavy (non-hydrogen) atoms. The number of rotatable bonds is 7. The molecule has 0 aliphatic carbocycles. The number of nitrogens with zero attached hydrogens (tertiary/aromatic N) is 1. The number of halogens is 2. The van der Waals surface area contributed by atoms with Gasteiger partial charge >= 0.3 is 0 Å². The smallest absolute Gasteiger partial charge is 0.209 e. The molecule has 6 nitrogen and oxygen atoms in total. The van der Waals surface area contributed by atoms with E-state index in [9.17, 15) is 17.2 Å². The molecule has 120 valence electrons. The molecule has 1 aromatic rings. The van der Waals surface area contributed by atoms with Gasteiger partial charge in [0.1, 0.15) is 0 Å². The summed E-state index contributed by atoms with van der Waals surface area (Å²) in [4.78, 5) is 3.81. The van der Waals surface area contributed by atoms with E-state index in [-0.39, 0.29) is 18.2 Å². The lowest BCUT2D eigenvalue weighted by molar-refractivity contribution is 0.474. The van der Waals surface area contributed by atoms with E-state index in [1.807, 2.05) is 0 Å². The van der Waals surface area contributed by atoms with Crippen molar-refractivity contribution >= 4 is 21.7 Å². The summed E-state index contributed by atoms with van der Waals surface area (Å²) >= 11 is 0. The van der Waals surface area contributed by atoms with Crippen LogP contribution in [-0.2, 0) is 10.0 Å². The lowest BCUT2D eigenvalue weighted by Crippen LogP contribution is -2.47. The van der Waals surface area contributed by atoms with Crippen molar-refractivity contribution < 1.29 is 17.2 Å². The van der Waals surface area contributed by atoms with Gasteiger partial charge in [-0.3, -0.25) is 0 Å². The van der Waals surface area contributed by atoms with Crippen molar-refractivity contribution in [2.75, 3.05) is 30.0 Å². The van der Waals surface area contributed by atoms with Crippen LogP contribution in [0.4, 0.5) is 20.4 Å². The van der Waals surface area contributed by atoms with Crippen LogP contribution in [0.5, 0.6) is 0 Å². The third-order valence-corrected chi connectivity index (χ3v) is 3.36. The first-order valence-electron chi connectivity index (χ1n) is 6.37. The molecule has 1 heterocycles. The first-order valence-corrected chi connectivity index (χ1v) is 8.26. The van der Waals surface area contributed by atoms with Gasteiger partial charge in [-0.15, -0.1) is 0 Å². The topological polar surface area (TPSA) is 83.1 Å². The summed E-state index contributed by atoms with van der Waals surface area (Å²) < 4.78 is 51.9. The van der Waals surface area contributed by atoms with Crippen molar-refractivity contribution in [3.05, 3.63) is 17.7 Å².